The van der Waals surface area contributed by atoms with Crippen LogP contribution in [0.25, 0.3) is 22.2 Å². The van der Waals surface area contributed by atoms with E-state index in [-0.39, 0.29) is 29.2 Å². The molecule has 0 radical (unpaired) electrons. The number of benzene rings is 2. The van der Waals surface area contributed by atoms with Crippen molar-refractivity contribution in [1.82, 2.24) is 24.6 Å². The molecule has 4 heterocycles. The molecule has 254 valence electrons. The number of nitrogens with zero attached hydrogens (tertiary/aromatic N) is 6. The SMILES string of the molecule is Cn1nc(-c2ccc(O)nc2OCc2ccccc2)c2cccc(N3CCN(C(=O)C4CCN(C(=O)OC(C)(C)C)CC4(C)C)CC3)c21. The predicted molar refractivity (Wildman–Crippen MR) is 185 cm³/mol. The van der Waals surface area contributed by atoms with Crippen LogP contribution in [0.2, 0.25) is 0 Å². The van der Waals surface area contributed by atoms with Gasteiger partial charge in [0.15, 0.2) is 0 Å². The molecule has 6 rings (SSSR count). The van der Waals surface area contributed by atoms with Crippen molar-refractivity contribution in [3.8, 4) is 23.0 Å². The van der Waals surface area contributed by atoms with E-state index in [4.69, 9.17) is 14.6 Å². The summed E-state index contributed by atoms with van der Waals surface area (Å²) < 4.78 is 13.6. The van der Waals surface area contributed by atoms with Crippen molar-refractivity contribution in [1.29, 1.82) is 0 Å². The van der Waals surface area contributed by atoms with Crippen LogP contribution in [-0.2, 0) is 23.2 Å². The summed E-state index contributed by atoms with van der Waals surface area (Å²) in [6, 6.07) is 19.3. The largest absolute Gasteiger partial charge is 0.493 e. The molecule has 0 spiro atoms. The Balaban J connectivity index is 1.16. The van der Waals surface area contributed by atoms with E-state index in [0.29, 0.717) is 63.7 Å². The molecule has 1 unspecified atom stereocenters. The van der Waals surface area contributed by atoms with Crippen LogP contribution in [0.3, 0.4) is 0 Å². The molecular formula is C37H46N6O5. The van der Waals surface area contributed by atoms with E-state index in [2.05, 4.69) is 29.8 Å². The Morgan fingerprint density at radius 2 is 1.67 bits per heavy atom. The van der Waals surface area contributed by atoms with Crippen LogP contribution in [-0.4, -0.2) is 86.5 Å². The van der Waals surface area contributed by atoms with Gasteiger partial charge in [-0.3, -0.25) is 9.48 Å². The quantitative estimate of drug-likeness (QED) is 0.276. The lowest BCUT2D eigenvalue weighted by Gasteiger charge is -2.46. The lowest BCUT2D eigenvalue weighted by Crippen LogP contribution is -2.57. The van der Waals surface area contributed by atoms with E-state index in [0.717, 1.165) is 27.8 Å². The first kappa shape index (κ1) is 33.1. The summed E-state index contributed by atoms with van der Waals surface area (Å²) in [5.41, 5.74) is 3.51. The molecule has 2 amide bonds. The third kappa shape index (κ3) is 6.90. The zero-order valence-corrected chi connectivity index (χ0v) is 28.8. The minimum Gasteiger partial charge on any atom is -0.493 e. The van der Waals surface area contributed by atoms with Crippen LogP contribution in [0.1, 0.15) is 46.6 Å². The molecule has 0 bridgehead atoms. The Morgan fingerprint density at radius 1 is 0.938 bits per heavy atom. The first-order valence-electron chi connectivity index (χ1n) is 16.7. The highest BCUT2D eigenvalue weighted by molar-refractivity contribution is 6.01. The van der Waals surface area contributed by atoms with Gasteiger partial charge in [-0.1, -0.05) is 56.3 Å². The van der Waals surface area contributed by atoms with Crippen molar-refractivity contribution in [2.24, 2.45) is 18.4 Å². The topological polar surface area (TPSA) is 113 Å². The monoisotopic (exact) mass is 654 g/mol. The number of aromatic hydroxyl groups is 1. The third-order valence-corrected chi connectivity index (χ3v) is 9.27. The van der Waals surface area contributed by atoms with Crippen molar-refractivity contribution in [3.63, 3.8) is 0 Å². The zero-order chi connectivity index (χ0) is 34.2. The molecule has 11 nitrogen and oxygen atoms in total. The van der Waals surface area contributed by atoms with Gasteiger partial charge in [-0.15, -0.1) is 0 Å². The van der Waals surface area contributed by atoms with Crippen LogP contribution < -0.4 is 9.64 Å². The number of likely N-dealkylation sites (tertiary alicyclic amines) is 1. The molecule has 0 saturated carbocycles. The summed E-state index contributed by atoms with van der Waals surface area (Å²) in [5.74, 6) is 0.193. The van der Waals surface area contributed by atoms with Crippen LogP contribution in [0, 0.1) is 11.3 Å². The fraction of sp³-hybridized carbons (Fsp3) is 0.459. The number of piperazine rings is 1. The summed E-state index contributed by atoms with van der Waals surface area (Å²) in [7, 11) is 1.93. The van der Waals surface area contributed by atoms with E-state index in [9.17, 15) is 14.7 Å². The molecule has 2 aliphatic heterocycles. The smallest absolute Gasteiger partial charge is 0.410 e. The molecule has 11 heteroatoms. The van der Waals surface area contributed by atoms with Gasteiger partial charge >= 0.3 is 6.09 Å². The number of hydrogen-bond donors (Lipinski definition) is 1. The van der Waals surface area contributed by atoms with Crippen molar-refractivity contribution in [2.45, 2.75) is 53.2 Å². The highest BCUT2D eigenvalue weighted by Gasteiger charge is 2.44. The number of fused-ring (bicyclic) bond motifs is 1. The second-order valence-corrected chi connectivity index (χ2v) is 14.5. The van der Waals surface area contributed by atoms with Gasteiger partial charge < -0.3 is 29.3 Å². The minimum absolute atomic E-state index is 0.118. The maximum Gasteiger partial charge on any atom is 0.410 e. The van der Waals surface area contributed by atoms with Crippen LogP contribution in [0.5, 0.6) is 11.8 Å². The second kappa shape index (κ2) is 13.0. The van der Waals surface area contributed by atoms with Gasteiger partial charge in [0.2, 0.25) is 17.7 Å². The molecule has 4 aromatic rings. The van der Waals surface area contributed by atoms with E-state index in [1.54, 1.807) is 17.0 Å². The fourth-order valence-electron chi connectivity index (χ4n) is 6.90. The minimum atomic E-state index is -0.558. The summed E-state index contributed by atoms with van der Waals surface area (Å²) >= 11 is 0. The summed E-state index contributed by atoms with van der Waals surface area (Å²) in [6.45, 7) is 13.7. The number of carbonyl (C=O) groups excluding carboxylic acids is 2. The fourth-order valence-corrected chi connectivity index (χ4v) is 6.90. The number of hydrogen-bond acceptors (Lipinski definition) is 8. The standard InChI is InChI=1S/C37H46N6O5/c1-36(2,3)48-35(46)43-18-17-28(37(4,5)24-43)34(45)42-21-19-41(20-22-42)29-14-10-13-26-31(39-40(6)32(26)29)27-15-16-30(44)38-33(27)47-23-25-11-8-7-9-12-25/h7-16,28H,17-24H2,1-6H3,(H,38,44). The molecule has 0 aliphatic carbocycles. The van der Waals surface area contributed by atoms with Gasteiger partial charge in [-0.05, 0) is 50.3 Å². The number of aryl methyl sites for hydroxylation is 1. The molecule has 1 atom stereocenters. The highest BCUT2D eigenvalue weighted by atomic mass is 16.6. The molecule has 2 aliphatic rings. The Kier molecular flexibility index (Phi) is 8.98. The summed E-state index contributed by atoms with van der Waals surface area (Å²) in [4.78, 5) is 36.9. The van der Waals surface area contributed by atoms with E-state index < -0.39 is 5.60 Å². The summed E-state index contributed by atoms with van der Waals surface area (Å²) in [6.07, 6.45) is 0.297. The molecule has 2 aromatic heterocycles. The molecule has 48 heavy (non-hydrogen) atoms. The summed E-state index contributed by atoms with van der Waals surface area (Å²) in [5, 5.41) is 16.0. The molecule has 2 fully saturated rings. The van der Waals surface area contributed by atoms with Crippen molar-refractivity contribution < 1.29 is 24.2 Å². The second-order valence-electron chi connectivity index (χ2n) is 14.5. The first-order chi connectivity index (χ1) is 22.8. The normalized spacial score (nSPS) is 18.2. The maximum atomic E-state index is 13.9. The number of pyridine rings is 1. The van der Waals surface area contributed by atoms with Crippen LogP contribution >= 0.6 is 0 Å². The highest BCUT2D eigenvalue weighted by Crippen LogP contribution is 2.39. The number of aromatic nitrogens is 3. The predicted octanol–water partition coefficient (Wildman–Crippen LogP) is 5.85. The van der Waals surface area contributed by atoms with E-state index in [1.165, 1.54) is 0 Å². The van der Waals surface area contributed by atoms with E-state index in [1.807, 2.05) is 79.9 Å². The number of carbonyl (C=O) groups is 2. The average molecular weight is 655 g/mol. The maximum absolute atomic E-state index is 13.9. The van der Waals surface area contributed by atoms with Crippen molar-refractivity contribution >= 4 is 28.6 Å². The molecule has 2 saturated heterocycles. The van der Waals surface area contributed by atoms with Gasteiger partial charge in [0.1, 0.15) is 17.9 Å². The van der Waals surface area contributed by atoms with Crippen LogP contribution in [0.15, 0.2) is 60.7 Å². The van der Waals surface area contributed by atoms with Gasteiger partial charge in [-0.25, -0.2) is 4.79 Å². The lowest BCUT2D eigenvalue weighted by molar-refractivity contribution is -0.142. The lowest BCUT2D eigenvalue weighted by atomic mass is 9.73. The first-order valence-corrected chi connectivity index (χ1v) is 16.7. The number of anilines is 1. The number of para-hydroxylation sites is 1. The number of amides is 2. The Morgan fingerprint density at radius 3 is 2.35 bits per heavy atom. The Hall–Kier alpha value is -4.80. The zero-order valence-electron chi connectivity index (χ0n) is 28.8. The Labute approximate surface area is 282 Å². The van der Waals surface area contributed by atoms with E-state index >= 15 is 0 Å². The third-order valence-electron chi connectivity index (χ3n) is 9.27. The van der Waals surface area contributed by atoms with Crippen molar-refractivity contribution in [2.75, 3.05) is 44.2 Å². The van der Waals surface area contributed by atoms with Gasteiger partial charge in [-0.2, -0.15) is 10.1 Å². The molecular weight excluding hydrogens is 608 g/mol. The van der Waals surface area contributed by atoms with Gasteiger partial charge in [0, 0.05) is 63.7 Å². The van der Waals surface area contributed by atoms with Gasteiger partial charge in [0.25, 0.3) is 0 Å². The van der Waals surface area contributed by atoms with Crippen molar-refractivity contribution in [3.05, 3.63) is 66.2 Å². The van der Waals surface area contributed by atoms with Crippen LogP contribution in [0.4, 0.5) is 10.5 Å². The van der Waals surface area contributed by atoms with Gasteiger partial charge in [0.05, 0.1) is 16.8 Å². The number of rotatable bonds is 6. The number of ether oxygens (including phenoxy) is 2. The Bertz CT molecular complexity index is 1790. The average Bonchev–Trinajstić information content (AvgIpc) is 3.39. The molecule has 1 N–H and O–H groups in total. The molecule has 2 aromatic carbocycles. The number of piperidine rings is 1.